The number of nitro groups is 1. The van der Waals surface area contributed by atoms with E-state index in [1.165, 1.54) is 13.8 Å². The Hall–Kier alpha value is -2.65. The van der Waals surface area contributed by atoms with Gasteiger partial charge in [0.1, 0.15) is 5.56 Å². The predicted molar refractivity (Wildman–Crippen MR) is 81.8 cm³/mol. The Morgan fingerprint density at radius 3 is 2.36 bits per heavy atom. The minimum atomic E-state index is -4.97. The van der Waals surface area contributed by atoms with Crippen LogP contribution in [0.25, 0.3) is 0 Å². The summed E-state index contributed by atoms with van der Waals surface area (Å²) in [6, 6.07) is 2.07. The fourth-order valence-electron chi connectivity index (χ4n) is 1.87. The summed E-state index contributed by atoms with van der Waals surface area (Å²) in [7, 11) is 0. The smallest absolute Gasteiger partial charge is 0.423 e. The molecule has 0 bridgehead atoms. The van der Waals surface area contributed by atoms with Crippen molar-refractivity contribution in [3.8, 4) is 0 Å². The molecule has 0 aromatic heterocycles. The van der Waals surface area contributed by atoms with Gasteiger partial charge >= 0.3 is 12.1 Å². The molecule has 1 aromatic rings. The maximum atomic E-state index is 12.9. The van der Waals surface area contributed by atoms with Crippen LogP contribution in [0.4, 0.5) is 24.5 Å². The third-order valence-electron chi connectivity index (χ3n) is 3.13. The van der Waals surface area contributed by atoms with Crippen LogP contribution in [0.3, 0.4) is 0 Å². The van der Waals surface area contributed by atoms with Gasteiger partial charge < -0.3 is 10.1 Å². The molecule has 25 heavy (non-hydrogen) atoms. The molecule has 10 heteroatoms. The molecule has 0 radical (unpaired) electrons. The number of ether oxygens (including phenoxy) is 1. The van der Waals surface area contributed by atoms with Crippen molar-refractivity contribution in [1.29, 1.82) is 0 Å². The number of carbonyl (C=O) groups is 2. The first-order valence-corrected chi connectivity index (χ1v) is 7.27. The molecule has 0 aliphatic heterocycles. The molecular weight excluding hydrogens is 345 g/mol. The van der Waals surface area contributed by atoms with Crippen molar-refractivity contribution < 1.29 is 32.4 Å². The third kappa shape index (κ3) is 5.44. The second-order valence-electron chi connectivity index (χ2n) is 5.68. The van der Waals surface area contributed by atoms with E-state index in [-0.39, 0.29) is 12.1 Å². The van der Waals surface area contributed by atoms with E-state index >= 15 is 0 Å². The SMILES string of the molecule is CCCC(=O)OC(C)(C)C(=O)Nc1ccc([N+](=O)[O-])c(C(F)(F)F)c1. The second kappa shape index (κ2) is 7.49. The van der Waals surface area contributed by atoms with Gasteiger partial charge in [0.25, 0.3) is 11.6 Å². The lowest BCUT2D eigenvalue weighted by Gasteiger charge is -2.24. The highest BCUT2D eigenvalue weighted by molar-refractivity contribution is 5.98. The van der Waals surface area contributed by atoms with E-state index in [1.54, 1.807) is 6.92 Å². The van der Waals surface area contributed by atoms with Crippen molar-refractivity contribution in [2.24, 2.45) is 0 Å². The highest BCUT2D eigenvalue weighted by atomic mass is 19.4. The number of halogens is 3. The minimum absolute atomic E-state index is 0.0897. The van der Waals surface area contributed by atoms with Gasteiger partial charge in [0, 0.05) is 18.2 Å². The van der Waals surface area contributed by atoms with Crippen LogP contribution < -0.4 is 5.32 Å². The second-order valence-corrected chi connectivity index (χ2v) is 5.68. The number of nitro benzene ring substituents is 1. The molecule has 1 N–H and O–H groups in total. The number of alkyl halides is 3. The molecule has 0 spiro atoms. The Labute approximate surface area is 141 Å². The van der Waals surface area contributed by atoms with Crippen molar-refractivity contribution in [3.63, 3.8) is 0 Å². The summed E-state index contributed by atoms with van der Waals surface area (Å²) in [5.41, 5.74) is -4.54. The normalized spacial score (nSPS) is 11.8. The molecule has 0 unspecified atom stereocenters. The molecule has 0 saturated carbocycles. The molecule has 0 heterocycles. The minimum Gasteiger partial charge on any atom is -0.450 e. The summed E-state index contributed by atoms with van der Waals surface area (Å²) in [6.07, 6.45) is -4.37. The van der Waals surface area contributed by atoms with E-state index < -0.39 is 39.8 Å². The zero-order valence-corrected chi connectivity index (χ0v) is 13.8. The molecular formula is C15H17F3N2O5. The van der Waals surface area contributed by atoms with Gasteiger partial charge in [-0.1, -0.05) is 6.92 Å². The van der Waals surface area contributed by atoms with Gasteiger partial charge in [0.05, 0.1) is 4.92 Å². The van der Waals surface area contributed by atoms with Crippen molar-refractivity contribution >= 4 is 23.3 Å². The maximum absolute atomic E-state index is 12.9. The Kier molecular flexibility index (Phi) is 6.11. The molecule has 0 fully saturated rings. The summed E-state index contributed by atoms with van der Waals surface area (Å²) in [5, 5.41) is 12.9. The highest BCUT2D eigenvalue weighted by Crippen LogP contribution is 2.37. The van der Waals surface area contributed by atoms with Crippen LogP contribution in [0, 0.1) is 10.1 Å². The van der Waals surface area contributed by atoms with E-state index in [2.05, 4.69) is 5.32 Å². The lowest BCUT2D eigenvalue weighted by molar-refractivity contribution is -0.388. The van der Waals surface area contributed by atoms with Gasteiger partial charge in [-0.25, -0.2) is 0 Å². The average Bonchev–Trinajstić information content (AvgIpc) is 2.45. The van der Waals surface area contributed by atoms with Gasteiger partial charge in [0.2, 0.25) is 0 Å². The summed E-state index contributed by atoms with van der Waals surface area (Å²) in [5.74, 6) is -1.48. The quantitative estimate of drug-likeness (QED) is 0.473. The topological polar surface area (TPSA) is 98.5 Å². The van der Waals surface area contributed by atoms with Crippen molar-refractivity contribution in [3.05, 3.63) is 33.9 Å². The van der Waals surface area contributed by atoms with Gasteiger partial charge in [-0.2, -0.15) is 13.2 Å². The van der Waals surface area contributed by atoms with Crippen LogP contribution in [0.15, 0.2) is 18.2 Å². The van der Waals surface area contributed by atoms with Gasteiger partial charge in [-0.15, -0.1) is 0 Å². The third-order valence-corrected chi connectivity index (χ3v) is 3.13. The number of nitrogens with zero attached hydrogens (tertiary/aromatic N) is 1. The van der Waals surface area contributed by atoms with Gasteiger partial charge in [-0.3, -0.25) is 19.7 Å². The lowest BCUT2D eigenvalue weighted by atomic mass is 10.1. The Morgan fingerprint density at radius 1 is 1.28 bits per heavy atom. The number of esters is 1. The van der Waals surface area contributed by atoms with E-state index in [0.717, 1.165) is 6.07 Å². The van der Waals surface area contributed by atoms with Gasteiger partial charge in [-0.05, 0) is 32.4 Å². The van der Waals surface area contributed by atoms with Crippen molar-refractivity contribution in [1.82, 2.24) is 0 Å². The monoisotopic (exact) mass is 362 g/mol. The number of hydrogen-bond donors (Lipinski definition) is 1. The molecule has 0 saturated heterocycles. The fourth-order valence-corrected chi connectivity index (χ4v) is 1.87. The largest absolute Gasteiger partial charge is 0.450 e. The number of anilines is 1. The van der Waals surface area contributed by atoms with Crippen LogP contribution in [-0.4, -0.2) is 22.4 Å². The summed E-state index contributed by atoms with van der Waals surface area (Å²) >= 11 is 0. The molecule has 1 aromatic carbocycles. The molecule has 1 amide bonds. The maximum Gasteiger partial charge on any atom is 0.423 e. The summed E-state index contributed by atoms with van der Waals surface area (Å²) in [4.78, 5) is 33.2. The number of nitrogens with one attached hydrogen (secondary N) is 1. The van der Waals surface area contributed by atoms with E-state index in [0.29, 0.717) is 18.6 Å². The summed E-state index contributed by atoms with van der Waals surface area (Å²) in [6.45, 7) is 4.31. The van der Waals surface area contributed by atoms with E-state index in [4.69, 9.17) is 4.74 Å². The molecule has 0 aliphatic carbocycles. The first kappa shape index (κ1) is 20.4. The standard InChI is InChI=1S/C15H17F3N2O5/c1-4-5-12(21)25-14(2,3)13(22)19-9-6-7-11(20(23)24)10(8-9)15(16,17)18/h6-8H,4-5H2,1-3H3,(H,19,22). The molecule has 0 aliphatic rings. The Morgan fingerprint density at radius 2 is 1.88 bits per heavy atom. The van der Waals surface area contributed by atoms with Crippen LogP contribution in [0.1, 0.15) is 39.2 Å². The predicted octanol–water partition coefficient (Wildman–Crippen LogP) is 3.67. The molecule has 0 atom stereocenters. The average molecular weight is 362 g/mol. The zero-order valence-electron chi connectivity index (χ0n) is 13.8. The molecule has 7 nitrogen and oxygen atoms in total. The number of hydrogen-bond acceptors (Lipinski definition) is 5. The van der Waals surface area contributed by atoms with Gasteiger partial charge in [0.15, 0.2) is 5.60 Å². The lowest BCUT2D eigenvalue weighted by Crippen LogP contribution is -2.41. The first-order chi connectivity index (χ1) is 11.4. The summed E-state index contributed by atoms with van der Waals surface area (Å²) < 4.78 is 43.8. The number of benzene rings is 1. The Balaban J connectivity index is 3.05. The van der Waals surface area contributed by atoms with Crippen LogP contribution >= 0.6 is 0 Å². The number of carbonyl (C=O) groups excluding carboxylic acids is 2. The highest BCUT2D eigenvalue weighted by Gasteiger charge is 2.39. The van der Waals surface area contributed by atoms with Crippen LogP contribution in [0.5, 0.6) is 0 Å². The Bertz CT molecular complexity index is 686. The molecule has 1 rings (SSSR count). The van der Waals surface area contributed by atoms with E-state index in [1.807, 2.05) is 0 Å². The van der Waals surface area contributed by atoms with E-state index in [9.17, 15) is 32.9 Å². The molecule has 138 valence electrons. The fraction of sp³-hybridized carbons (Fsp3) is 0.467. The number of rotatable bonds is 6. The number of amides is 1. The van der Waals surface area contributed by atoms with Crippen molar-refractivity contribution in [2.75, 3.05) is 5.32 Å². The zero-order chi connectivity index (χ0) is 19.4. The first-order valence-electron chi connectivity index (χ1n) is 7.27. The van der Waals surface area contributed by atoms with Crippen LogP contribution in [0.2, 0.25) is 0 Å². The van der Waals surface area contributed by atoms with Crippen LogP contribution in [-0.2, 0) is 20.5 Å². The van der Waals surface area contributed by atoms with Crippen molar-refractivity contribution in [2.45, 2.75) is 45.4 Å².